The molecule has 0 bridgehead atoms. The number of hydrogen-bond acceptors (Lipinski definition) is 2. The Morgan fingerprint density at radius 3 is 1.88 bits per heavy atom. The van der Waals surface area contributed by atoms with Gasteiger partial charge in [-0.15, -0.1) is 12.4 Å². The van der Waals surface area contributed by atoms with Crippen LogP contribution < -0.4 is 0 Å². The molecular weight excluding hydrogens is 236 g/mol. The van der Waals surface area contributed by atoms with Gasteiger partial charge >= 0.3 is 0 Å². The Balaban J connectivity index is 0.00000144. The van der Waals surface area contributed by atoms with E-state index in [-0.39, 0.29) is 18.2 Å². The molecule has 1 N–H and O–H groups in total. The second kappa shape index (κ2) is 6.18. The van der Waals surface area contributed by atoms with Crippen LogP contribution in [0.4, 0.5) is 0 Å². The van der Waals surface area contributed by atoms with E-state index in [1.165, 1.54) is 0 Å². The fraction of sp³-hybridized carbons (Fsp3) is 0.0714. The Morgan fingerprint density at radius 2 is 1.35 bits per heavy atom. The predicted octanol–water partition coefficient (Wildman–Crippen LogP) is 3.02. The molecule has 0 amide bonds. The zero-order chi connectivity index (χ0) is 11.4. The van der Waals surface area contributed by atoms with Gasteiger partial charge in [0, 0.05) is 5.56 Å². The predicted molar refractivity (Wildman–Crippen MR) is 69.4 cm³/mol. The van der Waals surface area contributed by atoms with Crippen molar-refractivity contribution in [2.75, 3.05) is 0 Å². The summed E-state index contributed by atoms with van der Waals surface area (Å²) in [7, 11) is 0. The standard InChI is InChI=1S/C14H12O2.ClH/c15-13(11-7-3-1-4-8-11)14(16)12-9-5-2-6-10-12;/h1-10,13,15H;1H. The molecule has 0 saturated carbocycles. The normalized spacial score (nSPS) is 11.4. The Labute approximate surface area is 106 Å². The summed E-state index contributed by atoms with van der Waals surface area (Å²) < 4.78 is 0. The highest BCUT2D eigenvalue weighted by Crippen LogP contribution is 2.17. The molecule has 0 heterocycles. The minimum atomic E-state index is -1.08. The summed E-state index contributed by atoms with van der Waals surface area (Å²) in [6.07, 6.45) is -1.08. The number of Topliss-reactive ketones (excluding diaryl/α,β-unsaturated/α-hetero) is 1. The molecule has 88 valence electrons. The average molecular weight is 249 g/mol. The quantitative estimate of drug-likeness (QED) is 0.848. The number of hydrogen-bond donors (Lipinski definition) is 1. The van der Waals surface area contributed by atoms with E-state index in [9.17, 15) is 9.90 Å². The lowest BCUT2D eigenvalue weighted by molar-refractivity contribution is 0.0747. The lowest BCUT2D eigenvalue weighted by Crippen LogP contribution is -2.11. The summed E-state index contributed by atoms with van der Waals surface area (Å²) in [5.74, 6) is -0.271. The van der Waals surface area contributed by atoms with Gasteiger partial charge in [-0.2, -0.15) is 0 Å². The summed E-state index contributed by atoms with van der Waals surface area (Å²) in [5.41, 5.74) is 1.15. The molecule has 0 radical (unpaired) electrons. The molecule has 0 fully saturated rings. The van der Waals surface area contributed by atoms with E-state index in [1.54, 1.807) is 48.5 Å². The van der Waals surface area contributed by atoms with Gasteiger partial charge in [0.05, 0.1) is 0 Å². The van der Waals surface area contributed by atoms with Crippen molar-refractivity contribution in [2.24, 2.45) is 0 Å². The minimum absolute atomic E-state index is 0. The van der Waals surface area contributed by atoms with E-state index in [0.29, 0.717) is 11.1 Å². The van der Waals surface area contributed by atoms with E-state index in [1.807, 2.05) is 12.1 Å². The highest BCUT2D eigenvalue weighted by Gasteiger charge is 2.18. The van der Waals surface area contributed by atoms with Crippen molar-refractivity contribution < 1.29 is 9.90 Å². The lowest BCUT2D eigenvalue weighted by Gasteiger charge is -2.09. The molecule has 0 spiro atoms. The molecule has 2 rings (SSSR count). The van der Waals surface area contributed by atoms with Crippen molar-refractivity contribution in [3.05, 3.63) is 71.8 Å². The van der Waals surface area contributed by atoms with Gasteiger partial charge in [-0.05, 0) is 5.56 Å². The van der Waals surface area contributed by atoms with Crippen LogP contribution >= 0.6 is 12.4 Å². The SMILES string of the molecule is Cl.O=C(c1ccccc1)C(O)c1ccccc1. The van der Waals surface area contributed by atoms with E-state index in [0.717, 1.165) is 0 Å². The Morgan fingerprint density at radius 1 is 0.882 bits per heavy atom. The number of carbonyl (C=O) groups is 1. The molecule has 2 aromatic carbocycles. The third-order valence-electron chi connectivity index (χ3n) is 2.42. The number of benzene rings is 2. The van der Waals surface area contributed by atoms with Gasteiger partial charge in [-0.1, -0.05) is 60.7 Å². The molecule has 3 heteroatoms. The third-order valence-corrected chi connectivity index (χ3v) is 2.42. The summed E-state index contributed by atoms with van der Waals surface area (Å²) >= 11 is 0. The van der Waals surface area contributed by atoms with Crippen LogP contribution in [-0.2, 0) is 0 Å². The molecule has 0 saturated heterocycles. The molecule has 17 heavy (non-hydrogen) atoms. The molecular formula is C14H13ClO2. The monoisotopic (exact) mass is 248 g/mol. The highest BCUT2D eigenvalue weighted by molar-refractivity contribution is 5.99. The van der Waals surface area contributed by atoms with Crippen LogP contribution in [0, 0.1) is 0 Å². The number of rotatable bonds is 3. The van der Waals surface area contributed by atoms with Gasteiger partial charge in [0.25, 0.3) is 0 Å². The molecule has 0 aromatic heterocycles. The molecule has 0 aliphatic heterocycles. The smallest absolute Gasteiger partial charge is 0.195 e. The first-order valence-electron chi connectivity index (χ1n) is 5.11. The first-order chi connectivity index (χ1) is 7.79. The maximum absolute atomic E-state index is 11.9. The van der Waals surface area contributed by atoms with Crippen molar-refractivity contribution in [3.63, 3.8) is 0 Å². The van der Waals surface area contributed by atoms with Crippen molar-refractivity contribution in [1.82, 2.24) is 0 Å². The summed E-state index contributed by atoms with van der Waals surface area (Å²) in [6.45, 7) is 0. The second-order valence-electron chi connectivity index (χ2n) is 3.54. The van der Waals surface area contributed by atoms with E-state index in [4.69, 9.17) is 0 Å². The summed E-state index contributed by atoms with van der Waals surface area (Å²) in [6, 6.07) is 17.7. The first-order valence-corrected chi connectivity index (χ1v) is 5.11. The maximum atomic E-state index is 11.9. The van der Waals surface area contributed by atoms with Gasteiger partial charge in [0.1, 0.15) is 6.10 Å². The Hall–Kier alpha value is -1.64. The first kappa shape index (κ1) is 13.4. The number of aliphatic hydroxyl groups is 1. The fourth-order valence-electron chi connectivity index (χ4n) is 1.55. The number of aliphatic hydroxyl groups excluding tert-OH is 1. The van der Waals surface area contributed by atoms with Crippen LogP contribution in [0.25, 0.3) is 0 Å². The third kappa shape index (κ3) is 3.16. The average Bonchev–Trinajstić information content (AvgIpc) is 2.39. The van der Waals surface area contributed by atoms with Crippen molar-refractivity contribution in [3.8, 4) is 0 Å². The summed E-state index contributed by atoms with van der Waals surface area (Å²) in [4.78, 5) is 11.9. The Kier molecular flexibility index (Phi) is 4.88. The minimum Gasteiger partial charge on any atom is -0.380 e. The number of halogens is 1. The van der Waals surface area contributed by atoms with Crippen LogP contribution in [0.2, 0.25) is 0 Å². The van der Waals surface area contributed by atoms with Crippen molar-refractivity contribution >= 4 is 18.2 Å². The molecule has 1 atom stereocenters. The lowest BCUT2D eigenvalue weighted by atomic mass is 10.0. The van der Waals surface area contributed by atoms with E-state index < -0.39 is 6.10 Å². The second-order valence-corrected chi connectivity index (χ2v) is 3.54. The van der Waals surface area contributed by atoms with Crippen LogP contribution in [0.3, 0.4) is 0 Å². The number of carbonyl (C=O) groups excluding carboxylic acids is 1. The van der Waals surface area contributed by atoms with Gasteiger partial charge in [0.2, 0.25) is 0 Å². The molecule has 2 nitrogen and oxygen atoms in total. The van der Waals surface area contributed by atoms with Crippen molar-refractivity contribution in [2.45, 2.75) is 6.10 Å². The summed E-state index contributed by atoms with van der Waals surface area (Å²) in [5, 5.41) is 9.89. The zero-order valence-corrected chi connectivity index (χ0v) is 9.93. The van der Waals surface area contributed by atoms with Crippen LogP contribution in [-0.4, -0.2) is 10.9 Å². The van der Waals surface area contributed by atoms with Gasteiger partial charge in [-0.3, -0.25) is 4.79 Å². The van der Waals surface area contributed by atoms with Crippen molar-refractivity contribution in [1.29, 1.82) is 0 Å². The van der Waals surface area contributed by atoms with Crippen LogP contribution in [0.5, 0.6) is 0 Å². The topological polar surface area (TPSA) is 37.3 Å². The highest BCUT2D eigenvalue weighted by atomic mass is 35.5. The molecule has 0 aliphatic carbocycles. The largest absolute Gasteiger partial charge is 0.380 e. The fourth-order valence-corrected chi connectivity index (χ4v) is 1.55. The van der Waals surface area contributed by atoms with Crippen LogP contribution in [0.15, 0.2) is 60.7 Å². The number of ketones is 1. The molecule has 2 aromatic rings. The maximum Gasteiger partial charge on any atom is 0.195 e. The van der Waals surface area contributed by atoms with Crippen LogP contribution in [0.1, 0.15) is 22.0 Å². The van der Waals surface area contributed by atoms with Gasteiger partial charge < -0.3 is 5.11 Å². The van der Waals surface area contributed by atoms with E-state index >= 15 is 0 Å². The van der Waals surface area contributed by atoms with Gasteiger partial charge in [0.15, 0.2) is 5.78 Å². The van der Waals surface area contributed by atoms with E-state index in [2.05, 4.69) is 0 Å². The molecule has 0 aliphatic rings. The van der Waals surface area contributed by atoms with Gasteiger partial charge in [-0.25, -0.2) is 0 Å². The molecule has 1 unspecified atom stereocenters. The Bertz CT molecular complexity index is 468. The zero-order valence-electron chi connectivity index (χ0n) is 9.11.